The molecular formula is C24H26N4O. The Hall–Kier alpha value is -3.08. The number of carbonyl (C=O) groups is 1. The first-order chi connectivity index (χ1) is 14.2. The number of fused-ring (bicyclic) bond motifs is 1. The van der Waals surface area contributed by atoms with Gasteiger partial charge in [-0.2, -0.15) is 5.10 Å². The van der Waals surface area contributed by atoms with E-state index in [0.29, 0.717) is 5.56 Å². The van der Waals surface area contributed by atoms with Crippen LogP contribution in [0, 0.1) is 5.92 Å². The smallest absolute Gasteiger partial charge is 0.267 e. The van der Waals surface area contributed by atoms with Crippen molar-refractivity contribution in [1.82, 2.24) is 15.4 Å². The Bertz CT molecular complexity index is 1020. The van der Waals surface area contributed by atoms with Gasteiger partial charge in [-0.15, -0.1) is 0 Å². The summed E-state index contributed by atoms with van der Waals surface area (Å²) in [6.45, 7) is 2.24. The van der Waals surface area contributed by atoms with Crippen LogP contribution in [-0.2, 0) is 0 Å². The molecule has 2 aromatic heterocycles. The molecule has 0 saturated heterocycles. The van der Waals surface area contributed by atoms with Crippen molar-refractivity contribution in [3.8, 4) is 11.3 Å². The first kappa shape index (κ1) is 19.2. The zero-order valence-corrected chi connectivity index (χ0v) is 16.8. The first-order valence-corrected chi connectivity index (χ1v) is 10.4. The molecular weight excluding hydrogens is 360 g/mol. The number of carbonyl (C=O) groups excluding carboxylic acids is 1. The quantitative estimate of drug-likeness (QED) is 0.599. The third-order valence-corrected chi connectivity index (χ3v) is 5.63. The molecule has 5 heteroatoms. The second-order valence-electron chi connectivity index (χ2n) is 7.66. The van der Waals surface area contributed by atoms with Gasteiger partial charge in [-0.3, -0.25) is 9.78 Å². The molecule has 29 heavy (non-hydrogen) atoms. The summed E-state index contributed by atoms with van der Waals surface area (Å²) in [6, 6.07) is 13.3. The molecule has 1 amide bonds. The average Bonchev–Trinajstić information content (AvgIpc) is 2.78. The SMILES string of the molecule is CCCC1CCC(=NNC(=O)c2cc(-c3ccncc3)nc3ccccc23)CC1. The number of benzene rings is 1. The van der Waals surface area contributed by atoms with Gasteiger partial charge in [0.2, 0.25) is 0 Å². The summed E-state index contributed by atoms with van der Waals surface area (Å²) < 4.78 is 0. The summed E-state index contributed by atoms with van der Waals surface area (Å²) in [7, 11) is 0. The maximum atomic E-state index is 13.0. The lowest BCUT2D eigenvalue weighted by atomic mass is 9.85. The van der Waals surface area contributed by atoms with E-state index in [-0.39, 0.29) is 5.91 Å². The van der Waals surface area contributed by atoms with Crippen LogP contribution in [0.2, 0.25) is 0 Å². The average molecular weight is 386 g/mol. The monoisotopic (exact) mass is 386 g/mol. The van der Waals surface area contributed by atoms with E-state index in [0.717, 1.165) is 46.6 Å². The van der Waals surface area contributed by atoms with Crippen LogP contribution in [0.25, 0.3) is 22.2 Å². The number of aromatic nitrogens is 2. The number of para-hydroxylation sites is 1. The number of amides is 1. The van der Waals surface area contributed by atoms with Crippen molar-refractivity contribution in [2.75, 3.05) is 0 Å². The van der Waals surface area contributed by atoms with Crippen molar-refractivity contribution in [3.63, 3.8) is 0 Å². The number of hydrazone groups is 1. The second-order valence-corrected chi connectivity index (χ2v) is 7.66. The van der Waals surface area contributed by atoms with E-state index in [1.807, 2.05) is 42.5 Å². The van der Waals surface area contributed by atoms with Gasteiger partial charge in [-0.1, -0.05) is 38.0 Å². The van der Waals surface area contributed by atoms with Gasteiger partial charge < -0.3 is 0 Å². The predicted octanol–water partition coefficient (Wildman–Crippen LogP) is 5.37. The number of hydrogen-bond donors (Lipinski definition) is 1. The zero-order chi connectivity index (χ0) is 20.1. The molecule has 1 saturated carbocycles. The van der Waals surface area contributed by atoms with Crippen molar-refractivity contribution in [1.29, 1.82) is 0 Å². The van der Waals surface area contributed by atoms with Gasteiger partial charge >= 0.3 is 0 Å². The number of hydrogen-bond acceptors (Lipinski definition) is 4. The molecule has 0 radical (unpaired) electrons. The topological polar surface area (TPSA) is 67.2 Å². The number of pyridine rings is 2. The third-order valence-electron chi connectivity index (χ3n) is 5.63. The van der Waals surface area contributed by atoms with E-state index in [1.54, 1.807) is 12.4 Å². The van der Waals surface area contributed by atoms with Crippen LogP contribution in [0.15, 0.2) is 60.0 Å². The van der Waals surface area contributed by atoms with Gasteiger partial charge in [0.05, 0.1) is 16.8 Å². The van der Waals surface area contributed by atoms with Gasteiger partial charge in [0.25, 0.3) is 5.91 Å². The summed E-state index contributed by atoms with van der Waals surface area (Å²) in [5.41, 5.74) is 6.96. The maximum Gasteiger partial charge on any atom is 0.272 e. The van der Waals surface area contributed by atoms with Crippen molar-refractivity contribution in [3.05, 3.63) is 60.4 Å². The number of nitrogens with zero attached hydrogens (tertiary/aromatic N) is 3. The fourth-order valence-corrected chi connectivity index (χ4v) is 4.04. The molecule has 1 aliphatic rings. The molecule has 4 rings (SSSR count). The molecule has 5 nitrogen and oxygen atoms in total. The number of rotatable bonds is 5. The van der Waals surface area contributed by atoms with Crippen molar-refractivity contribution >= 4 is 22.5 Å². The predicted molar refractivity (Wildman–Crippen MR) is 117 cm³/mol. The summed E-state index contributed by atoms with van der Waals surface area (Å²) in [5, 5.41) is 5.28. The van der Waals surface area contributed by atoms with E-state index in [1.165, 1.54) is 25.7 Å². The molecule has 2 heterocycles. The van der Waals surface area contributed by atoms with Gasteiger partial charge in [0.1, 0.15) is 0 Å². The number of nitrogens with one attached hydrogen (secondary N) is 1. The fourth-order valence-electron chi connectivity index (χ4n) is 4.04. The molecule has 0 bridgehead atoms. The third kappa shape index (κ3) is 4.50. The highest BCUT2D eigenvalue weighted by molar-refractivity contribution is 6.07. The fraction of sp³-hybridized carbons (Fsp3) is 0.333. The van der Waals surface area contributed by atoms with E-state index in [2.05, 4.69) is 22.4 Å². The molecule has 0 aliphatic heterocycles. The molecule has 1 aliphatic carbocycles. The van der Waals surface area contributed by atoms with Gasteiger partial charge in [0, 0.05) is 29.1 Å². The van der Waals surface area contributed by atoms with Crippen molar-refractivity contribution in [2.24, 2.45) is 11.0 Å². The molecule has 3 aromatic rings. The van der Waals surface area contributed by atoms with Crippen LogP contribution in [0.3, 0.4) is 0 Å². The second kappa shape index (κ2) is 8.95. The summed E-state index contributed by atoms with van der Waals surface area (Å²) in [5.74, 6) is 0.615. The summed E-state index contributed by atoms with van der Waals surface area (Å²) >= 11 is 0. The van der Waals surface area contributed by atoms with Gasteiger partial charge in [-0.25, -0.2) is 10.4 Å². The lowest BCUT2D eigenvalue weighted by Gasteiger charge is -2.22. The highest BCUT2D eigenvalue weighted by Gasteiger charge is 2.18. The minimum absolute atomic E-state index is 0.193. The Morgan fingerprint density at radius 2 is 1.90 bits per heavy atom. The van der Waals surface area contributed by atoms with Crippen molar-refractivity contribution < 1.29 is 4.79 Å². The Balaban J connectivity index is 1.58. The minimum Gasteiger partial charge on any atom is -0.267 e. The Morgan fingerprint density at radius 1 is 1.14 bits per heavy atom. The Morgan fingerprint density at radius 3 is 2.66 bits per heavy atom. The highest BCUT2D eigenvalue weighted by Crippen LogP contribution is 2.27. The normalized spacial score (nSPS) is 16.6. The largest absolute Gasteiger partial charge is 0.272 e. The first-order valence-electron chi connectivity index (χ1n) is 10.4. The van der Waals surface area contributed by atoms with Gasteiger partial charge in [0.15, 0.2) is 0 Å². The molecule has 1 fully saturated rings. The summed E-state index contributed by atoms with van der Waals surface area (Å²) in [6.07, 6.45) is 10.3. The molecule has 0 spiro atoms. The standard InChI is InChI=1S/C24H26N4O/c1-2-5-17-8-10-19(11-9-17)27-28-24(29)21-16-23(18-12-14-25-15-13-18)26-22-7-4-3-6-20(21)22/h3-4,6-7,12-17H,2,5,8-11H2,1H3,(H,28,29). The maximum absolute atomic E-state index is 13.0. The van der Waals surface area contributed by atoms with E-state index < -0.39 is 0 Å². The van der Waals surface area contributed by atoms with E-state index >= 15 is 0 Å². The van der Waals surface area contributed by atoms with E-state index in [4.69, 9.17) is 4.98 Å². The van der Waals surface area contributed by atoms with E-state index in [9.17, 15) is 4.79 Å². The van der Waals surface area contributed by atoms with Crippen LogP contribution in [0.4, 0.5) is 0 Å². The summed E-state index contributed by atoms with van der Waals surface area (Å²) in [4.78, 5) is 21.8. The Kier molecular flexibility index (Phi) is 5.94. The Labute approximate surface area is 171 Å². The molecule has 1 N–H and O–H groups in total. The van der Waals surface area contributed by atoms with Crippen LogP contribution in [0.5, 0.6) is 0 Å². The van der Waals surface area contributed by atoms with Crippen LogP contribution >= 0.6 is 0 Å². The lowest BCUT2D eigenvalue weighted by Crippen LogP contribution is -2.22. The zero-order valence-electron chi connectivity index (χ0n) is 16.8. The molecule has 0 unspecified atom stereocenters. The van der Waals surface area contributed by atoms with Crippen LogP contribution in [-0.4, -0.2) is 21.6 Å². The lowest BCUT2D eigenvalue weighted by molar-refractivity contribution is 0.0956. The highest BCUT2D eigenvalue weighted by atomic mass is 16.2. The molecule has 148 valence electrons. The minimum atomic E-state index is -0.193. The van der Waals surface area contributed by atoms with Crippen molar-refractivity contribution in [2.45, 2.75) is 45.4 Å². The van der Waals surface area contributed by atoms with Gasteiger partial charge in [-0.05, 0) is 55.9 Å². The molecule has 1 aromatic carbocycles. The molecule has 0 atom stereocenters. The van der Waals surface area contributed by atoms with Crippen LogP contribution in [0.1, 0.15) is 55.8 Å². The van der Waals surface area contributed by atoms with Crippen LogP contribution < -0.4 is 5.43 Å².